The number of nitrogens with zero attached hydrogens (tertiary/aromatic N) is 3. The number of ether oxygens (including phenoxy) is 3. The normalized spacial score (nSPS) is 17.5. The first-order valence-electron chi connectivity index (χ1n) is 14.2. The van der Waals surface area contributed by atoms with Gasteiger partial charge in [-0.25, -0.2) is 4.68 Å². The Kier molecular flexibility index (Phi) is 9.82. The van der Waals surface area contributed by atoms with Crippen molar-refractivity contribution in [1.29, 1.82) is 0 Å². The van der Waals surface area contributed by atoms with Crippen LogP contribution in [0.1, 0.15) is 58.7 Å². The molecule has 0 spiro atoms. The zero-order valence-electron chi connectivity index (χ0n) is 24.4. The average molecular weight is 556 g/mol. The fourth-order valence-corrected chi connectivity index (χ4v) is 5.42. The van der Waals surface area contributed by atoms with Crippen LogP contribution < -0.4 is 4.43 Å². The molecule has 3 heterocycles. The lowest BCUT2D eigenvalue weighted by Gasteiger charge is -2.36. The molecule has 0 aliphatic carbocycles. The van der Waals surface area contributed by atoms with E-state index in [9.17, 15) is 5.11 Å². The highest BCUT2D eigenvalue weighted by Crippen LogP contribution is 2.39. The molecule has 0 radical (unpaired) electrons. The Morgan fingerprint density at radius 2 is 1.90 bits per heavy atom. The van der Waals surface area contributed by atoms with Crippen LogP contribution in [0.15, 0.2) is 36.7 Å². The Hall–Kier alpha value is -2.30. The molecule has 1 aromatic carbocycles. The fourth-order valence-electron chi connectivity index (χ4n) is 4.40. The van der Waals surface area contributed by atoms with Crippen LogP contribution in [0.3, 0.4) is 0 Å². The first-order chi connectivity index (χ1) is 18.5. The number of pyridine rings is 1. The van der Waals surface area contributed by atoms with Crippen molar-refractivity contribution in [3.05, 3.63) is 42.2 Å². The number of benzene rings is 1. The summed E-state index contributed by atoms with van der Waals surface area (Å²) in [5.41, 5.74) is 3.99. The Morgan fingerprint density at radius 1 is 1.10 bits per heavy atom. The minimum atomic E-state index is -2.00. The second-order valence-corrected chi connectivity index (χ2v) is 16.7. The Labute approximate surface area is 233 Å². The van der Waals surface area contributed by atoms with Crippen molar-refractivity contribution in [2.45, 2.75) is 83.8 Å². The molecule has 3 aromatic rings. The van der Waals surface area contributed by atoms with Crippen LogP contribution in [-0.4, -0.2) is 67.3 Å². The second kappa shape index (κ2) is 12.9. The molecule has 39 heavy (non-hydrogen) atoms. The van der Waals surface area contributed by atoms with Crippen molar-refractivity contribution in [3.63, 3.8) is 0 Å². The Balaban J connectivity index is 1.58. The molecule has 214 valence electrons. The zero-order chi connectivity index (χ0) is 28.0. The lowest BCUT2D eigenvalue weighted by molar-refractivity contribution is -0.0365. The molecule has 0 bridgehead atoms. The molecule has 1 fully saturated rings. The van der Waals surface area contributed by atoms with E-state index in [0.29, 0.717) is 26.4 Å². The highest BCUT2D eigenvalue weighted by Gasteiger charge is 2.39. The number of aliphatic hydroxyl groups excluding tert-OH is 1. The van der Waals surface area contributed by atoms with E-state index in [2.05, 4.69) is 63.1 Å². The Bertz CT molecular complexity index is 1220. The summed E-state index contributed by atoms with van der Waals surface area (Å²) in [6.45, 7) is 15.6. The van der Waals surface area contributed by atoms with Gasteiger partial charge in [-0.15, -0.1) is 0 Å². The maximum Gasteiger partial charge on any atom is 0.250 e. The summed E-state index contributed by atoms with van der Waals surface area (Å²) in [6, 6.07) is 8.48. The summed E-state index contributed by atoms with van der Waals surface area (Å²) in [5, 5.41) is 15.5. The summed E-state index contributed by atoms with van der Waals surface area (Å²) in [4.78, 5) is 4.54. The number of fused-ring (bicyclic) bond motifs is 1. The SMILES string of the molecule is C[C@@H](O)COCCOCCc1cncc(-c2nn(C3CCCCO3)c3ccc(O[Si](C)(C)C(C)(C)C)cc23)c1. The van der Waals surface area contributed by atoms with Gasteiger partial charge in [0, 0.05) is 30.0 Å². The van der Waals surface area contributed by atoms with Crippen LogP contribution in [0.2, 0.25) is 18.1 Å². The van der Waals surface area contributed by atoms with Gasteiger partial charge in [-0.2, -0.15) is 5.10 Å². The number of hydrogen-bond acceptors (Lipinski definition) is 7. The highest BCUT2D eigenvalue weighted by molar-refractivity contribution is 6.74. The fraction of sp³-hybridized carbons (Fsp3) is 0.600. The third kappa shape index (κ3) is 7.67. The molecule has 9 heteroatoms. The maximum absolute atomic E-state index is 9.27. The Morgan fingerprint density at radius 3 is 2.62 bits per heavy atom. The van der Waals surface area contributed by atoms with Gasteiger partial charge in [-0.3, -0.25) is 4.98 Å². The standard InChI is InChI=1S/C30H45N3O5Si/c1-22(34)21-36-16-15-35-14-12-23-17-24(20-31-19-23)29-26-18-25(38-39(5,6)30(2,3)4)10-11-27(26)33(32-29)28-9-7-8-13-37-28/h10-11,17-20,22,28,34H,7-9,12-16,21H2,1-6H3/t22-,28?/m1/s1. The third-order valence-corrected chi connectivity index (χ3v) is 12.0. The summed E-state index contributed by atoms with van der Waals surface area (Å²) >= 11 is 0. The number of rotatable bonds is 12. The predicted octanol–water partition coefficient (Wildman–Crippen LogP) is 6.14. The van der Waals surface area contributed by atoms with Gasteiger partial charge in [0.25, 0.3) is 0 Å². The van der Waals surface area contributed by atoms with E-state index in [1.807, 2.05) is 17.1 Å². The second-order valence-electron chi connectivity index (χ2n) is 12.0. The molecule has 1 saturated heterocycles. The molecule has 1 N–H and O–H groups in total. The van der Waals surface area contributed by atoms with Gasteiger partial charge >= 0.3 is 0 Å². The van der Waals surface area contributed by atoms with Crippen LogP contribution in [0.25, 0.3) is 22.2 Å². The van der Waals surface area contributed by atoms with Gasteiger partial charge < -0.3 is 23.7 Å². The maximum atomic E-state index is 9.27. The topological polar surface area (TPSA) is 87.9 Å². The van der Waals surface area contributed by atoms with Crippen molar-refractivity contribution in [1.82, 2.24) is 14.8 Å². The number of hydrogen-bond donors (Lipinski definition) is 1. The van der Waals surface area contributed by atoms with Crippen LogP contribution in [0.4, 0.5) is 0 Å². The quantitative estimate of drug-likeness (QED) is 0.212. The number of aromatic nitrogens is 3. The first kappa shape index (κ1) is 29.7. The van der Waals surface area contributed by atoms with E-state index in [0.717, 1.165) is 65.8 Å². The van der Waals surface area contributed by atoms with Gasteiger partial charge in [0.2, 0.25) is 8.32 Å². The lowest BCUT2D eigenvalue weighted by Crippen LogP contribution is -2.43. The van der Waals surface area contributed by atoms with E-state index in [4.69, 9.17) is 23.7 Å². The van der Waals surface area contributed by atoms with Gasteiger partial charge in [-0.05, 0) is 80.6 Å². The number of aliphatic hydroxyl groups is 1. The lowest BCUT2D eigenvalue weighted by atomic mass is 10.1. The molecular formula is C30H45N3O5Si. The molecule has 4 rings (SSSR count). The van der Waals surface area contributed by atoms with Crippen LogP contribution in [0, 0.1) is 0 Å². The van der Waals surface area contributed by atoms with Crippen molar-refractivity contribution < 1.29 is 23.7 Å². The first-order valence-corrected chi connectivity index (χ1v) is 17.1. The minimum absolute atomic E-state index is 0.0669. The van der Waals surface area contributed by atoms with Crippen LogP contribution >= 0.6 is 0 Å². The monoisotopic (exact) mass is 555 g/mol. The van der Waals surface area contributed by atoms with Gasteiger partial charge in [0.1, 0.15) is 11.4 Å². The van der Waals surface area contributed by atoms with Gasteiger partial charge in [0.15, 0.2) is 6.23 Å². The van der Waals surface area contributed by atoms with E-state index in [1.54, 1.807) is 6.92 Å². The summed E-state index contributed by atoms with van der Waals surface area (Å²) in [5.74, 6) is 0.884. The van der Waals surface area contributed by atoms with E-state index < -0.39 is 14.4 Å². The predicted molar refractivity (Wildman–Crippen MR) is 157 cm³/mol. The van der Waals surface area contributed by atoms with Crippen LogP contribution in [-0.2, 0) is 20.6 Å². The summed E-state index contributed by atoms with van der Waals surface area (Å²) in [7, 11) is -2.00. The average Bonchev–Trinajstić information content (AvgIpc) is 3.27. The van der Waals surface area contributed by atoms with Crippen molar-refractivity contribution in [3.8, 4) is 17.0 Å². The van der Waals surface area contributed by atoms with Crippen molar-refractivity contribution >= 4 is 19.2 Å². The molecule has 1 aliphatic heterocycles. The van der Waals surface area contributed by atoms with Gasteiger partial charge in [-0.1, -0.05) is 20.8 Å². The molecule has 8 nitrogen and oxygen atoms in total. The molecule has 2 aromatic heterocycles. The van der Waals surface area contributed by atoms with Crippen molar-refractivity contribution in [2.75, 3.05) is 33.0 Å². The highest BCUT2D eigenvalue weighted by atomic mass is 28.4. The molecular weight excluding hydrogens is 510 g/mol. The largest absolute Gasteiger partial charge is 0.543 e. The molecule has 0 saturated carbocycles. The van der Waals surface area contributed by atoms with Gasteiger partial charge in [0.05, 0.1) is 38.0 Å². The molecule has 1 unspecified atom stereocenters. The molecule has 0 amide bonds. The summed E-state index contributed by atoms with van der Waals surface area (Å²) < 4.78 is 25.9. The minimum Gasteiger partial charge on any atom is -0.543 e. The van der Waals surface area contributed by atoms with E-state index in [1.165, 1.54) is 0 Å². The van der Waals surface area contributed by atoms with Crippen molar-refractivity contribution in [2.24, 2.45) is 0 Å². The molecule has 2 atom stereocenters. The van der Waals surface area contributed by atoms with E-state index in [-0.39, 0.29) is 11.3 Å². The molecule has 1 aliphatic rings. The van der Waals surface area contributed by atoms with E-state index >= 15 is 0 Å². The third-order valence-electron chi connectivity index (χ3n) is 7.62. The zero-order valence-corrected chi connectivity index (χ0v) is 25.4. The smallest absolute Gasteiger partial charge is 0.250 e. The summed E-state index contributed by atoms with van der Waals surface area (Å²) in [6.07, 6.45) is 7.15. The van der Waals surface area contributed by atoms with Crippen LogP contribution in [0.5, 0.6) is 5.75 Å².